The molecule has 1 aliphatic carbocycles. The van der Waals surface area contributed by atoms with E-state index in [4.69, 9.17) is 4.74 Å². The third-order valence-corrected chi connectivity index (χ3v) is 3.40. The first kappa shape index (κ1) is 14.0. The van der Waals surface area contributed by atoms with Crippen molar-refractivity contribution < 1.29 is 9.53 Å². The third kappa shape index (κ3) is 4.99. The van der Waals surface area contributed by atoms with Crippen LogP contribution in [0.4, 0.5) is 0 Å². The van der Waals surface area contributed by atoms with Gasteiger partial charge in [-0.25, -0.2) is 0 Å². The minimum atomic E-state index is -0.0973. The molecule has 4 heteroatoms. The van der Waals surface area contributed by atoms with Crippen LogP contribution in [0.2, 0.25) is 0 Å². The summed E-state index contributed by atoms with van der Waals surface area (Å²) in [5.41, 5.74) is 1.19. The Labute approximate surface area is 114 Å². The van der Waals surface area contributed by atoms with Crippen LogP contribution >= 0.6 is 0 Å². The van der Waals surface area contributed by atoms with Gasteiger partial charge in [0.1, 0.15) is 0 Å². The number of esters is 1. The highest BCUT2D eigenvalue weighted by molar-refractivity contribution is 5.71. The van der Waals surface area contributed by atoms with Crippen LogP contribution in [-0.2, 0) is 16.0 Å². The molecule has 0 aliphatic heterocycles. The lowest BCUT2D eigenvalue weighted by Crippen LogP contribution is -2.32. The maximum absolute atomic E-state index is 11.7. The average molecular weight is 262 g/mol. The van der Waals surface area contributed by atoms with E-state index in [1.54, 1.807) is 6.20 Å². The highest BCUT2D eigenvalue weighted by atomic mass is 16.5. The van der Waals surface area contributed by atoms with E-state index in [1.807, 2.05) is 18.3 Å². The van der Waals surface area contributed by atoms with E-state index in [-0.39, 0.29) is 5.97 Å². The van der Waals surface area contributed by atoms with Crippen LogP contribution in [-0.4, -0.2) is 41.6 Å². The fourth-order valence-electron chi connectivity index (χ4n) is 2.16. The highest BCUT2D eigenvalue weighted by Crippen LogP contribution is 2.26. The largest absolute Gasteiger partial charge is 0.465 e. The Kier molecular flexibility index (Phi) is 5.33. The van der Waals surface area contributed by atoms with E-state index >= 15 is 0 Å². The summed E-state index contributed by atoms with van der Waals surface area (Å²) in [6.45, 7) is 3.95. The molecule has 4 nitrogen and oxygen atoms in total. The molecule has 19 heavy (non-hydrogen) atoms. The standard InChI is InChI=1S/C15H22N2O2/c1-2-17(14-7-8-14)12-15(18)19-10-4-6-13-5-3-9-16-11-13/h3,5,9,11,14H,2,4,6-8,10,12H2,1H3. The molecule has 0 saturated heterocycles. The Morgan fingerprint density at radius 3 is 3.00 bits per heavy atom. The van der Waals surface area contributed by atoms with Crippen molar-refractivity contribution in [3.8, 4) is 0 Å². The molecule has 0 unspecified atom stereocenters. The van der Waals surface area contributed by atoms with Gasteiger partial charge in [0, 0.05) is 18.4 Å². The lowest BCUT2D eigenvalue weighted by atomic mass is 10.2. The summed E-state index contributed by atoms with van der Waals surface area (Å²) in [5.74, 6) is -0.0973. The van der Waals surface area contributed by atoms with Crippen molar-refractivity contribution >= 4 is 5.97 Å². The predicted molar refractivity (Wildman–Crippen MR) is 73.8 cm³/mol. The van der Waals surface area contributed by atoms with Crippen LogP contribution < -0.4 is 0 Å². The van der Waals surface area contributed by atoms with E-state index in [9.17, 15) is 4.79 Å². The van der Waals surface area contributed by atoms with Crippen molar-refractivity contribution in [3.05, 3.63) is 30.1 Å². The van der Waals surface area contributed by atoms with Crippen LogP contribution in [0.5, 0.6) is 0 Å². The van der Waals surface area contributed by atoms with Crippen molar-refractivity contribution in [2.75, 3.05) is 19.7 Å². The summed E-state index contributed by atoms with van der Waals surface area (Å²) in [6, 6.07) is 4.59. The SMILES string of the molecule is CCN(CC(=O)OCCCc1cccnc1)C1CC1. The Morgan fingerprint density at radius 2 is 2.37 bits per heavy atom. The van der Waals surface area contributed by atoms with Gasteiger partial charge in [0.05, 0.1) is 13.2 Å². The molecule has 0 spiro atoms. The molecule has 1 heterocycles. The van der Waals surface area contributed by atoms with Gasteiger partial charge in [-0.2, -0.15) is 0 Å². The van der Waals surface area contributed by atoms with Crippen molar-refractivity contribution in [2.24, 2.45) is 0 Å². The molecule has 0 radical (unpaired) electrons. The van der Waals surface area contributed by atoms with E-state index < -0.39 is 0 Å². The molecule has 2 rings (SSSR count). The van der Waals surface area contributed by atoms with Gasteiger partial charge in [0.25, 0.3) is 0 Å². The number of aromatic nitrogens is 1. The summed E-state index contributed by atoms with van der Waals surface area (Å²) in [4.78, 5) is 17.9. The quantitative estimate of drug-likeness (QED) is 0.531. The number of likely N-dealkylation sites (N-methyl/N-ethyl adjacent to an activating group) is 1. The second kappa shape index (κ2) is 7.24. The molecule has 0 N–H and O–H groups in total. The molecule has 0 bridgehead atoms. The summed E-state index contributed by atoms with van der Waals surface area (Å²) in [5, 5.41) is 0. The lowest BCUT2D eigenvalue weighted by molar-refractivity contribution is -0.145. The van der Waals surface area contributed by atoms with Crippen LogP contribution in [0.1, 0.15) is 31.7 Å². The van der Waals surface area contributed by atoms with Crippen molar-refractivity contribution in [1.82, 2.24) is 9.88 Å². The van der Waals surface area contributed by atoms with Crippen molar-refractivity contribution in [3.63, 3.8) is 0 Å². The van der Waals surface area contributed by atoms with Gasteiger partial charge in [-0.15, -0.1) is 0 Å². The number of aryl methyl sites for hydroxylation is 1. The Bertz CT molecular complexity index is 390. The van der Waals surface area contributed by atoms with E-state index in [0.717, 1.165) is 19.4 Å². The van der Waals surface area contributed by atoms with Gasteiger partial charge >= 0.3 is 5.97 Å². The van der Waals surface area contributed by atoms with Crippen LogP contribution in [0.15, 0.2) is 24.5 Å². The van der Waals surface area contributed by atoms with Crippen molar-refractivity contribution in [1.29, 1.82) is 0 Å². The lowest BCUT2D eigenvalue weighted by Gasteiger charge is -2.18. The second-order valence-corrected chi connectivity index (χ2v) is 4.98. The Hall–Kier alpha value is -1.42. The summed E-state index contributed by atoms with van der Waals surface area (Å²) >= 11 is 0. The van der Waals surface area contributed by atoms with E-state index in [1.165, 1.54) is 18.4 Å². The molecule has 0 amide bonds. The third-order valence-electron chi connectivity index (χ3n) is 3.40. The summed E-state index contributed by atoms with van der Waals surface area (Å²) in [7, 11) is 0. The normalized spacial score (nSPS) is 14.6. The molecule has 1 aromatic heterocycles. The van der Waals surface area contributed by atoms with Gasteiger partial charge in [0.15, 0.2) is 0 Å². The number of hydrogen-bond donors (Lipinski definition) is 0. The van der Waals surface area contributed by atoms with Gasteiger partial charge < -0.3 is 4.74 Å². The Balaban J connectivity index is 1.58. The molecule has 104 valence electrons. The average Bonchev–Trinajstić information content (AvgIpc) is 3.27. The highest BCUT2D eigenvalue weighted by Gasteiger charge is 2.29. The first-order chi connectivity index (χ1) is 9.29. The van der Waals surface area contributed by atoms with E-state index in [2.05, 4.69) is 16.8 Å². The van der Waals surface area contributed by atoms with Crippen molar-refractivity contribution in [2.45, 2.75) is 38.6 Å². The number of nitrogens with zero attached hydrogens (tertiary/aromatic N) is 2. The molecule has 1 aromatic rings. The maximum Gasteiger partial charge on any atom is 0.320 e. The zero-order valence-corrected chi connectivity index (χ0v) is 11.5. The maximum atomic E-state index is 11.7. The minimum Gasteiger partial charge on any atom is -0.465 e. The van der Waals surface area contributed by atoms with Gasteiger partial charge in [0.2, 0.25) is 0 Å². The molecular weight excluding hydrogens is 240 g/mol. The van der Waals surface area contributed by atoms with Crippen LogP contribution in [0.25, 0.3) is 0 Å². The monoisotopic (exact) mass is 262 g/mol. The smallest absolute Gasteiger partial charge is 0.320 e. The molecule has 0 atom stereocenters. The second-order valence-electron chi connectivity index (χ2n) is 4.98. The molecular formula is C15H22N2O2. The molecule has 1 fully saturated rings. The fraction of sp³-hybridized carbons (Fsp3) is 0.600. The number of pyridine rings is 1. The summed E-state index contributed by atoms with van der Waals surface area (Å²) in [6.07, 6.45) is 7.83. The number of carbonyl (C=O) groups excluding carboxylic acids is 1. The number of hydrogen-bond acceptors (Lipinski definition) is 4. The predicted octanol–water partition coefficient (Wildman–Crippen LogP) is 2.04. The number of rotatable bonds is 8. The topological polar surface area (TPSA) is 42.4 Å². The molecule has 0 aromatic carbocycles. The van der Waals surface area contributed by atoms with Crippen LogP contribution in [0, 0.1) is 0 Å². The first-order valence-electron chi connectivity index (χ1n) is 7.08. The first-order valence-corrected chi connectivity index (χ1v) is 7.08. The van der Waals surface area contributed by atoms with E-state index in [0.29, 0.717) is 19.2 Å². The Morgan fingerprint density at radius 1 is 1.53 bits per heavy atom. The van der Waals surface area contributed by atoms with Crippen LogP contribution in [0.3, 0.4) is 0 Å². The van der Waals surface area contributed by atoms with Gasteiger partial charge in [-0.05, 0) is 43.9 Å². The zero-order chi connectivity index (χ0) is 13.5. The van der Waals surface area contributed by atoms with Gasteiger partial charge in [-0.1, -0.05) is 13.0 Å². The number of ether oxygens (including phenoxy) is 1. The number of carbonyl (C=O) groups is 1. The zero-order valence-electron chi connectivity index (χ0n) is 11.5. The van der Waals surface area contributed by atoms with Gasteiger partial charge in [-0.3, -0.25) is 14.7 Å². The molecule has 1 aliphatic rings. The fourth-order valence-corrected chi connectivity index (χ4v) is 2.16. The summed E-state index contributed by atoms with van der Waals surface area (Å²) < 4.78 is 5.27. The molecule has 1 saturated carbocycles. The minimum absolute atomic E-state index is 0.0973.